The summed E-state index contributed by atoms with van der Waals surface area (Å²) in [6.07, 6.45) is 0. The standard InChI is InChI=1S/C13H13ClN2O2/c1-3-18-10-6-4-5-9(7-10)13-15-11(14)8-12(16-13)17-2/h4-8H,3H2,1-2H3. The van der Waals surface area contributed by atoms with Gasteiger partial charge in [0.25, 0.3) is 0 Å². The summed E-state index contributed by atoms with van der Waals surface area (Å²) in [5, 5.41) is 0.346. The third kappa shape index (κ3) is 2.90. The summed E-state index contributed by atoms with van der Waals surface area (Å²) in [6.45, 7) is 2.55. The van der Waals surface area contributed by atoms with Crippen LogP contribution in [0.15, 0.2) is 30.3 Å². The van der Waals surface area contributed by atoms with Crippen LogP contribution < -0.4 is 9.47 Å². The van der Waals surface area contributed by atoms with E-state index in [1.807, 2.05) is 31.2 Å². The van der Waals surface area contributed by atoms with Crippen LogP contribution in [-0.2, 0) is 0 Å². The molecule has 0 bridgehead atoms. The van der Waals surface area contributed by atoms with Crippen molar-refractivity contribution in [3.8, 4) is 23.0 Å². The Morgan fingerprint density at radius 1 is 1.22 bits per heavy atom. The largest absolute Gasteiger partial charge is 0.494 e. The summed E-state index contributed by atoms with van der Waals surface area (Å²) in [5.41, 5.74) is 0.835. The van der Waals surface area contributed by atoms with Crippen LogP contribution in [0.5, 0.6) is 11.6 Å². The molecule has 0 spiro atoms. The first-order valence-corrected chi connectivity index (χ1v) is 5.92. The van der Waals surface area contributed by atoms with Crippen molar-refractivity contribution in [2.45, 2.75) is 6.92 Å². The molecule has 0 saturated carbocycles. The Morgan fingerprint density at radius 2 is 2.06 bits per heavy atom. The minimum atomic E-state index is 0.346. The van der Waals surface area contributed by atoms with Gasteiger partial charge in [0.2, 0.25) is 5.88 Å². The molecule has 2 aromatic rings. The predicted octanol–water partition coefficient (Wildman–Crippen LogP) is 3.20. The summed E-state index contributed by atoms with van der Waals surface area (Å²) < 4.78 is 10.5. The summed E-state index contributed by atoms with van der Waals surface area (Å²) in [6, 6.07) is 9.10. The van der Waals surface area contributed by atoms with Gasteiger partial charge in [-0.1, -0.05) is 23.7 Å². The van der Waals surface area contributed by atoms with Gasteiger partial charge in [-0.3, -0.25) is 0 Å². The van der Waals surface area contributed by atoms with Gasteiger partial charge < -0.3 is 9.47 Å². The highest BCUT2D eigenvalue weighted by Gasteiger charge is 2.07. The van der Waals surface area contributed by atoms with E-state index in [2.05, 4.69) is 9.97 Å². The molecule has 0 N–H and O–H groups in total. The van der Waals surface area contributed by atoms with Crippen molar-refractivity contribution in [1.29, 1.82) is 0 Å². The average molecular weight is 265 g/mol. The Labute approximate surface area is 111 Å². The second kappa shape index (κ2) is 5.69. The molecular formula is C13H13ClN2O2. The normalized spacial score (nSPS) is 10.2. The lowest BCUT2D eigenvalue weighted by Crippen LogP contribution is -1.95. The van der Waals surface area contributed by atoms with Gasteiger partial charge in [0.05, 0.1) is 13.7 Å². The number of halogens is 1. The van der Waals surface area contributed by atoms with E-state index in [-0.39, 0.29) is 0 Å². The van der Waals surface area contributed by atoms with Crippen molar-refractivity contribution in [2.75, 3.05) is 13.7 Å². The summed E-state index contributed by atoms with van der Waals surface area (Å²) >= 11 is 5.92. The second-order valence-electron chi connectivity index (χ2n) is 3.52. The lowest BCUT2D eigenvalue weighted by Gasteiger charge is -2.06. The molecule has 5 heteroatoms. The maximum atomic E-state index is 5.92. The molecular weight excluding hydrogens is 252 g/mol. The number of ether oxygens (including phenoxy) is 2. The number of hydrogen-bond acceptors (Lipinski definition) is 4. The van der Waals surface area contributed by atoms with Crippen LogP contribution >= 0.6 is 11.6 Å². The highest BCUT2D eigenvalue weighted by molar-refractivity contribution is 6.29. The van der Waals surface area contributed by atoms with Gasteiger partial charge >= 0.3 is 0 Å². The highest BCUT2D eigenvalue weighted by Crippen LogP contribution is 2.24. The minimum Gasteiger partial charge on any atom is -0.494 e. The van der Waals surface area contributed by atoms with E-state index in [0.29, 0.717) is 23.5 Å². The first-order chi connectivity index (χ1) is 8.72. The number of hydrogen-bond donors (Lipinski definition) is 0. The first-order valence-electron chi connectivity index (χ1n) is 5.54. The average Bonchev–Trinajstić information content (AvgIpc) is 2.39. The zero-order valence-corrected chi connectivity index (χ0v) is 10.9. The van der Waals surface area contributed by atoms with Crippen molar-refractivity contribution >= 4 is 11.6 Å². The zero-order chi connectivity index (χ0) is 13.0. The molecule has 0 saturated heterocycles. The Hall–Kier alpha value is -1.81. The molecule has 0 aliphatic heterocycles. The minimum absolute atomic E-state index is 0.346. The van der Waals surface area contributed by atoms with Gasteiger partial charge in [0, 0.05) is 11.6 Å². The third-order valence-corrected chi connectivity index (χ3v) is 2.48. The SMILES string of the molecule is CCOc1cccc(-c2nc(Cl)cc(OC)n2)c1. The number of rotatable bonds is 4. The molecule has 0 aliphatic carbocycles. The molecule has 0 amide bonds. The maximum absolute atomic E-state index is 5.92. The van der Waals surface area contributed by atoms with Crippen molar-refractivity contribution in [1.82, 2.24) is 9.97 Å². The summed E-state index contributed by atoms with van der Waals surface area (Å²) in [7, 11) is 1.54. The molecule has 0 atom stereocenters. The van der Waals surface area contributed by atoms with Gasteiger partial charge in [-0.2, -0.15) is 4.98 Å². The molecule has 1 aromatic carbocycles. The van der Waals surface area contributed by atoms with Gasteiger partial charge in [-0.25, -0.2) is 4.98 Å². The number of benzene rings is 1. The van der Waals surface area contributed by atoms with E-state index in [9.17, 15) is 0 Å². The van der Waals surface area contributed by atoms with Gasteiger partial charge in [0.15, 0.2) is 5.82 Å². The van der Waals surface area contributed by atoms with Crippen molar-refractivity contribution in [3.63, 3.8) is 0 Å². The van der Waals surface area contributed by atoms with Crippen molar-refractivity contribution in [3.05, 3.63) is 35.5 Å². The number of aromatic nitrogens is 2. The molecule has 94 valence electrons. The summed E-state index contributed by atoms with van der Waals surface area (Å²) in [4.78, 5) is 8.42. The first kappa shape index (κ1) is 12.6. The fourth-order valence-electron chi connectivity index (χ4n) is 1.52. The van der Waals surface area contributed by atoms with Gasteiger partial charge in [-0.15, -0.1) is 0 Å². The van der Waals surface area contributed by atoms with Crippen LogP contribution in [0, 0.1) is 0 Å². The smallest absolute Gasteiger partial charge is 0.218 e. The van der Waals surface area contributed by atoms with E-state index in [1.54, 1.807) is 13.2 Å². The quantitative estimate of drug-likeness (QED) is 0.796. The topological polar surface area (TPSA) is 44.2 Å². The third-order valence-electron chi connectivity index (χ3n) is 2.28. The van der Waals surface area contributed by atoms with Gasteiger partial charge in [-0.05, 0) is 19.1 Å². The molecule has 0 fully saturated rings. The van der Waals surface area contributed by atoms with Crippen LogP contribution in [-0.4, -0.2) is 23.7 Å². The summed E-state index contributed by atoms with van der Waals surface area (Å²) in [5.74, 6) is 1.73. The molecule has 0 radical (unpaired) electrons. The fourth-order valence-corrected chi connectivity index (χ4v) is 1.70. The maximum Gasteiger partial charge on any atom is 0.218 e. The predicted molar refractivity (Wildman–Crippen MR) is 70.2 cm³/mol. The lowest BCUT2D eigenvalue weighted by atomic mass is 10.2. The molecule has 18 heavy (non-hydrogen) atoms. The Balaban J connectivity index is 2.41. The fraction of sp³-hybridized carbons (Fsp3) is 0.231. The van der Waals surface area contributed by atoms with E-state index < -0.39 is 0 Å². The van der Waals surface area contributed by atoms with E-state index in [1.165, 1.54) is 0 Å². The lowest BCUT2D eigenvalue weighted by molar-refractivity contribution is 0.340. The second-order valence-corrected chi connectivity index (χ2v) is 3.90. The Morgan fingerprint density at radius 3 is 2.78 bits per heavy atom. The van der Waals surface area contributed by atoms with E-state index in [4.69, 9.17) is 21.1 Å². The number of methoxy groups -OCH3 is 1. The van der Waals surface area contributed by atoms with Crippen LogP contribution in [0.2, 0.25) is 5.15 Å². The van der Waals surface area contributed by atoms with Crippen LogP contribution in [0.25, 0.3) is 11.4 Å². The Kier molecular flexibility index (Phi) is 3.99. The van der Waals surface area contributed by atoms with Crippen LogP contribution in [0.4, 0.5) is 0 Å². The molecule has 0 unspecified atom stereocenters. The van der Waals surface area contributed by atoms with E-state index >= 15 is 0 Å². The van der Waals surface area contributed by atoms with Gasteiger partial charge in [0.1, 0.15) is 10.9 Å². The Bertz CT molecular complexity index is 546. The molecule has 2 rings (SSSR count). The molecule has 1 heterocycles. The molecule has 1 aromatic heterocycles. The van der Waals surface area contributed by atoms with Crippen LogP contribution in [0.3, 0.4) is 0 Å². The van der Waals surface area contributed by atoms with Crippen molar-refractivity contribution in [2.24, 2.45) is 0 Å². The molecule has 0 aliphatic rings. The molecule has 4 nitrogen and oxygen atoms in total. The number of nitrogens with zero attached hydrogens (tertiary/aromatic N) is 2. The van der Waals surface area contributed by atoms with E-state index in [0.717, 1.165) is 11.3 Å². The zero-order valence-electron chi connectivity index (χ0n) is 10.2. The monoisotopic (exact) mass is 264 g/mol. The van der Waals surface area contributed by atoms with Crippen molar-refractivity contribution < 1.29 is 9.47 Å². The van der Waals surface area contributed by atoms with Crippen LogP contribution in [0.1, 0.15) is 6.92 Å². The highest BCUT2D eigenvalue weighted by atomic mass is 35.5.